The zero-order valence-electron chi connectivity index (χ0n) is 17.5. The van der Waals surface area contributed by atoms with Crippen LogP contribution in [0.3, 0.4) is 0 Å². The van der Waals surface area contributed by atoms with Crippen LogP contribution in [-0.2, 0) is 34.0 Å². The molecule has 0 aromatic heterocycles. The maximum Gasteiger partial charge on any atom is 0.341 e. The van der Waals surface area contributed by atoms with Crippen LogP contribution in [0.15, 0.2) is 47.1 Å². The molecule has 30 heavy (non-hydrogen) atoms. The second-order valence-corrected chi connectivity index (χ2v) is 7.31. The Balaban J connectivity index is 2.38. The van der Waals surface area contributed by atoms with Gasteiger partial charge in [-0.3, -0.25) is 4.79 Å². The fourth-order valence-electron chi connectivity index (χ4n) is 3.91. The number of esters is 2. The summed E-state index contributed by atoms with van der Waals surface area (Å²) < 4.78 is 16.4. The highest BCUT2D eigenvalue weighted by Gasteiger charge is 2.62. The predicted octanol–water partition coefficient (Wildman–Crippen LogP) is 2.65. The van der Waals surface area contributed by atoms with Gasteiger partial charge in [0.25, 0.3) is 0 Å². The van der Waals surface area contributed by atoms with Crippen LogP contribution in [0.4, 0.5) is 5.69 Å². The Morgan fingerprint density at radius 2 is 1.87 bits per heavy atom. The number of allylic oxidation sites excluding steroid dienone is 1. The van der Waals surface area contributed by atoms with E-state index in [-0.39, 0.29) is 29.4 Å². The number of anilines is 1. The van der Waals surface area contributed by atoms with E-state index in [1.165, 1.54) is 0 Å². The fraction of sp³-hybridized carbons (Fsp3) is 0.409. The molecular weight excluding hydrogens is 388 g/mol. The number of nitrogens with two attached hydrogens (primary N) is 1. The van der Waals surface area contributed by atoms with E-state index < -0.39 is 29.4 Å². The van der Waals surface area contributed by atoms with Gasteiger partial charge in [0, 0.05) is 17.7 Å². The number of ether oxygens (including phenoxy) is 3. The average Bonchev–Trinajstić information content (AvgIpc) is 2.94. The van der Waals surface area contributed by atoms with Crippen molar-refractivity contribution >= 4 is 23.5 Å². The highest BCUT2D eigenvalue weighted by atomic mass is 16.6. The molecule has 0 radical (unpaired) electrons. The largest absolute Gasteiger partial charge is 0.462 e. The van der Waals surface area contributed by atoms with E-state index in [1.54, 1.807) is 45.0 Å². The molecular formula is C22H26N2O6. The number of amides is 1. The molecule has 2 aliphatic heterocycles. The summed E-state index contributed by atoms with van der Waals surface area (Å²) in [5.74, 6) is -2.20. The molecule has 8 heteroatoms. The molecule has 160 valence electrons. The summed E-state index contributed by atoms with van der Waals surface area (Å²) in [6.07, 6.45) is 0.505. The smallest absolute Gasteiger partial charge is 0.341 e. The Morgan fingerprint density at radius 3 is 2.50 bits per heavy atom. The number of benzene rings is 1. The van der Waals surface area contributed by atoms with Gasteiger partial charge in [-0.05, 0) is 33.3 Å². The van der Waals surface area contributed by atoms with Crippen molar-refractivity contribution in [2.45, 2.75) is 52.1 Å². The summed E-state index contributed by atoms with van der Waals surface area (Å²) in [6.45, 7) is 7.00. The minimum Gasteiger partial charge on any atom is -0.462 e. The van der Waals surface area contributed by atoms with Crippen molar-refractivity contribution in [1.29, 1.82) is 0 Å². The van der Waals surface area contributed by atoms with Gasteiger partial charge >= 0.3 is 11.9 Å². The molecule has 3 N–H and O–H groups in total. The van der Waals surface area contributed by atoms with Crippen molar-refractivity contribution in [2.75, 3.05) is 11.9 Å². The number of hydrogen-bond acceptors (Lipinski definition) is 7. The standard InChI is InChI=1S/C22H26N2O6/c1-5-9-15-16(20(26)29-12(3)4)22(17(18(23)30-15)19(25)28-6-2)13-10-7-8-11-14(13)24-21(22)27/h7-8,10-12H,5-6,9,23H2,1-4H3,(H,24,27). The predicted molar refractivity (Wildman–Crippen MR) is 109 cm³/mol. The zero-order chi connectivity index (χ0) is 22.1. The molecule has 1 amide bonds. The molecule has 1 spiro atoms. The highest BCUT2D eigenvalue weighted by molar-refractivity contribution is 6.21. The van der Waals surface area contributed by atoms with Crippen molar-refractivity contribution in [1.82, 2.24) is 0 Å². The average molecular weight is 414 g/mol. The van der Waals surface area contributed by atoms with Gasteiger partial charge in [-0.1, -0.05) is 25.1 Å². The van der Waals surface area contributed by atoms with Gasteiger partial charge in [0.15, 0.2) is 0 Å². The van der Waals surface area contributed by atoms with Crippen LogP contribution in [0, 0.1) is 0 Å². The minimum absolute atomic E-state index is 0.0437. The minimum atomic E-state index is -1.82. The van der Waals surface area contributed by atoms with E-state index in [4.69, 9.17) is 19.9 Å². The van der Waals surface area contributed by atoms with Crippen molar-refractivity contribution in [3.63, 3.8) is 0 Å². The van der Waals surface area contributed by atoms with E-state index in [9.17, 15) is 14.4 Å². The lowest BCUT2D eigenvalue weighted by molar-refractivity contribution is -0.145. The fourth-order valence-corrected chi connectivity index (χ4v) is 3.91. The van der Waals surface area contributed by atoms with E-state index in [2.05, 4.69) is 5.32 Å². The van der Waals surface area contributed by atoms with Gasteiger partial charge in [-0.2, -0.15) is 0 Å². The lowest BCUT2D eigenvalue weighted by atomic mass is 9.67. The number of para-hydroxylation sites is 1. The third-order valence-electron chi connectivity index (χ3n) is 4.93. The third-order valence-corrected chi connectivity index (χ3v) is 4.93. The molecule has 1 unspecified atom stereocenters. The van der Waals surface area contributed by atoms with Crippen molar-refractivity contribution < 1.29 is 28.6 Å². The lowest BCUT2D eigenvalue weighted by Gasteiger charge is -2.36. The third kappa shape index (κ3) is 3.22. The quantitative estimate of drug-likeness (QED) is 0.687. The van der Waals surface area contributed by atoms with Gasteiger partial charge in [0.2, 0.25) is 11.8 Å². The number of carbonyl (C=O) groups is 3. The van der Waals surface area contributed by atoms with E-state index >= 15 is 0 Å². The molecule has 1 atom stereocenters. The topological polar surface area (TPSA) is 117 Å². The number of hydrogen-bond donors (Lipinski definition) is 2. The van der Waals surface area contributed by atoms with Crippen LogP contribution in [0.2, 0.25) is 0 Å². The molecule has 3 rings (SSSR count). The first-order chi connectivity index (χ1) is 14.3. The van der Waals surface area contributed by atoms with Gasteiger partial charge in [0.05, 0.1) is 12.7 Å². The highest BCUT2D eigenvalue weighted by Crippen LogP contribution is 2.53. The maximum absolute atomic E-state index is 13.5. The van der Waals surface area contributed by atoms with Gasteiger partial charge in [0.1, 0.15) is 22.3 Å². The Kier molecular flexibility index (Phi) is 5.87. The molecule has 0 saturated carbocycles. The Morgan fingerprint density at radius 1 is 1.17 bits per heavy atom. The summed E-state index contributed by atoms with van der Waals surface area (Å²) in [5, 5.41) is 2.77. The summed E-state index contributed by atoms with van der Waals surface area (Å²) in [5.41, 5.74) is 4.98. The first-order valence-corrected chi connectivity index (χ1v) is 9.99. The molecule has 0 aliphatic carbocycles. The second kappa shape index (κ2) is 8.22. The molecule has 1 aromatic carbocycles. The molecule has 0 fully saturated rings. The van der Waals surface area contributed by atoms with E-state index in [1.807, 2.05) is 6.92 Å². The van der Waals surface area contributed by atoms with E-state index in [0.717, 1.165) is 0 Å². The molecule has 8 nitrogen and oxygen atoms in total. The Labute approximate surface area is 175 Å². The second-order valence-electron chi connectivity index (χ2n) is 7.31. The van der Waals surface area contributed by atoms with Crippen LogP contribution in [-0.4, -0.2) is 30.6 Å². The number of nitrogens with one attached hydrogen (secondary N) is 1. The van der Waals surface area contributed by atoms with Gasteiger partial charge in [-0.25, -0.2) is 9.59 Å². The Hall–Kier alpha value is -3.29. The van der Waals surface area contributed by atoms with Gasteiger partial charge < -0.3 is 25.3 Å². The SMILES string of the molecule is CCCC1=C(C(=O)OC(C)C)C2(C(=O)Nc3ccccc32)C(C(=O)OCC)=C(N)O1. The molecule has 2 heterocycles. The van der Waals surface area contributed by atoms with Crippen LogP contribution < -0.4 is 11.1 Å². The van der Waals surface area contributed by atoms with Crippen molar-refractivity contribution in [3.05, 3.63) is 52.6 Å². The summed E-state index contributed by atoms with van der Waals surface area (Å²) in [4.78, 5) is 39.8. The normalized spacial score (nSPS) is 20.2. The summed E-state index contributed by atoms with van der Waals surface area (Å²) >= 11 is 0. The maximum atomic E-state index is 13.5. The molecule has 2 aliphatic rings. The summed E-state index contributed by atoms with van der Waals surface area (Å²) in [6, 6.07) is 6.84. The van der Waals surface area contributed by atoms with Crippen molar-refractivity contribution in [3.8, 4) is 0 Å². The zero-order valence-corrected chi connectivity index (χ0v) is 17.5. The monoisotopic (exact) mass is 414 g/mol. The molecule has 0 bridgehead atoms. The van der Waals surface area contributed by atoms with Gasteiger partial charge in [-0.15, -0.1) is 0 Å². The van der Waals surface area contributed by atoms with E-state index in [0.29, 0.717) is 24.1 Å². The number of fused-ring (bicyclic) bond motifs is 2. The first kappa shape index (κ1) is 21.4. The number of carbonyl (C=O) groups excluding carboxylic acids is 3. The van der Waals surface area contributed by atoms with Crippen molar-refractivity contribution in [2.24, 2.45) is 5.73 Å². The first-order valence-electron chi connectivity index (χ1n) is 9.99. The molecule has 0 saturated heterocycles. The van der Waals surface area contributed by atoms with Crippen LogP contribution in [0.25, 0.3) is 0 Å². The van der Waals surface area contributed by atoms with Crippen LogP contribution in [0.5, 0.6) is 0 Å². The number of rotatable bonds is 6. The van der Waals surface area contributed by atoms with Crippen LogP contribution >= 0.6 is 0 Å². The molecule has 1 aromatic rings. The Bertz CT molecular complexity index is 962. The lowest BCUT2D eigenvalue weighted by Crippen LogP contribution is -2.49. The van der Waals surface area contributed by atoms with Crippen LogP contribution in [0.1, 0.15) is 46.1 Å². The summed E-state index contributed by atoms with van der Waals surface area (Å²) in [7, 11) is 0.